The van der Waals surface area contributed by atoms with Gasteiger partial charge in [-0.15, -0.1) is 0 Å². The molecule has 0 spiro atoms. The summed E-state index contributed by atoms with van der Waals surface area (Å²) in [5.74, 6) is -0.822. The highest BCUT2D eigenvalue weighted by atomic mass is 14.7. The van der Waals surface area contributed by atoms with Crippen molar-refractivity contribution >= 4 is 5.57 Å². The summed E-state index contributed by atoms with van der Waals surface area (Å²) in [6, 6.07) is 18.1. The summed E-state index contributed by atoms with van der Waals surface area (Å²) in [6.45, 7) is 0. The first-order chi connectivity index (χ1) is 11.7. The molecule has 4 heteroatoms. The van der Waals surface area contributed by atoms with Gasteiger partial charge in [-0.05, 0) is 17.1 Å². The van der Waals surface area contributed by atoms with E-state index >= 15 is 0 Å². The van der Waals surface area contributed by atoms with Gasteiger partial charge in [0.15, 0.2) is 10.8 Å². The average Bonchev–Trinajstić information content (AvgIpc) is 3.28. The number of rotatable bonds is 1. The lowest BCUT2D eigenvalue weighted by molar-refractivity contribution is 0.291. The van der Waals surface area contributed by atoms with Crippen molar-refractivity contribution in [3.05, 3.63) is 54.1 Å². The molecule has 0 aromatic heterocycles. The molecule has 24 heavy (non-hydrogen) atoms. The standard InChI is InChI=1S/C20H12N4/c21-9-19(10-22)16-7-6-14-15(13-4-2-1-3-5-13)8-17(18(14)16)20(19,11-23)12-24/h1-8,14,16-18H/t14-,16+,17+,18-/m1/s1. The van der Waals surface area contributed by atoms with Crippen LogP contribution in [0.1, 0.15) is 5.56 Å². The van der Waals surface area contributed by atoms with Gasteiger partial charge < -0.3 is 0 Å². The smallest absolute Gasteiger partial charge is 0.182 e. The molecule has 0 bridgehead atoms. The Balaban J connectivity index is 1.96. The van der Waals surface area contributed by atoms with Crippen molar-refractivity contribution in [3.63, 3.8) is 0 Å². The van der Waals surface area contributed by atoms with E-state index in [1.165, 1.54) is 0 Å². The number of hydrogen-bond acceptors (Lipinski definition) is 4. The van der Waals surface area contributed by atoms with Crippen molar-refractivity contribution < 1.29 is 0 Å². The highest BCUT2D eigenvalue weighted by Crippen LogP contribution is 2.70. The zero-order valence-electron chi connectivity index (χ0n) is 12.7. The number of allylic oxidation sites excluding steroid dienone is 4. The normalized spacial score (nSPS) is 32.8. The van der Waals surface area contributed by atoms with Crippen LogP contribution >= 0.6 is 0 Å². The van der Waals surface area contributed by atoms with Gasteiger partial charge in [0.1, 0.15) is 0 Å². The molecule has 0 amide bonds. The molecule has 0 aliphatic heterocycles. The Labute approximate surface area is 140 Å². The Hall–Kier alpha value is -3.34. The van der Waals surface area contributed by atoms with Crippen LogP contribution in [0.15, 0.2) is 48.6 Å². The Bertz CT molecular complexity index is 915. The van der Waals surface area contributed by atoms with Crippen LogP contribution in [0, 0.1) is 79.8 Å². The topological polar surface area (TPSA) is 95.2 Å². The average molecular weight is 308 g/mol. The molecule has 4 nitrogen and oxygen atoms in total. The van der Waals surface area contributed by atoms with Crippen LogP contribution < -0.4 is 0 Å². The molecule has 0 saturated heterocycles. The molecule has 3 aliphatic rings. The van der Waals surface area contributed by atoms with Crippen LogP contribution in [0.3, 0.4) is 0 Å². The Morgan fingerprint density at radius 2 is 1.33 bits per heavy atom. The first-order valence-electron chi connectivity index (χ1n) is 7.79. The highest BCUT2D eigenvalue weighted by Gasteiger charge is 2.74. The minimum absolute atomic E-state index is 0.0482. The predicted molar refractivity (Wildman–Crippen MR) is 84.8 cm³/mol. The van der Waals surface area contributed by atoms with E-state index in [2.05, 4.69) is 12.1 Å². The minimum Gasteiger partial charge on any atom is -0.196 e. The van der Waals surface area contributed by atoms with Gasteiger partial charge in [0.25, 0.3) is 0 Å². The van der Waals surface area contributed by atoms with Gasteiger partial charge in [0.05, 0.1) is 24.3 Å². The van der Waals surface area contributed by atoms with Gasteiger partial charge in [-0.2, -0.15) is 21.0 Å². The van der Waals surface area contributed by atoms with Crippen LogP contribution in [0.5, 0.6) is 0 Å². The molecular weight excluding hydrogens is 296 g/mol. The third-order valence-electron chi connectivity index (χ3n) is 5.92. The zero-order valence-corrected chi connectivity index (χ0v) is 12.7. The van der Waals surface area contributed by atoms with E-state index in [4.69, 9.17) is 0 Å². The molecule has 1 fully saturated rings. The Kier molecular flexibility index (Phi) is 2.72. The van der Waals surface area contributed by atoms with E-state index in [0.29, 0.717) is 0 Å². The molecule has 0 heterocycles. The van der Waals surface area contributed by atoms with E-state index in [1.54, 1.807) is 0 Å². The van der Waals surface area contributed by atoms with E-state index in [0.717, 1.165) is 11.1 Å². The predicted octanol–water partition coefficient (Wildman–Crippen LogP) is 3.20. The molecule has 1 saturated carbocycles. The highest BCUT2D eigenvalue weighted by molar-refractivity contribution is 5.74. The SMILES string of the molecule is N#CC1(C#N)[C@H]2C=C[C@@H]3C(c4ccccc4)=C[C@@H]([C@H]32)C1(C#N)C#N. The number of nitrogens with zero attached hydrogens (tertiary/aromatic N) is 4. The zero-order chi connectivity index (χ0) is 16.9. The summed E-state index contributed by atoms with van der Waals surface area (Å²) < 4.78 is 0. The molecule has 1 aromatic rings. The Morgan fingerprint density at radius 1 is 0.750 bits per heavy atom. The fourth-order valence-electron chi connectivity index (χ4n) is 4.89. The van der Waals surface area contributed by atoms with Crippen LogP contribution in [0.25, 0.3) is 5.57 Å². The van der Waals surface area contributed by atoms with Gasteiger partial charge in [-0.1, -0.05) is 48.6 Å². The minimum atomic E-state index is -1.63. The second-order valence-corrected chi connectivity index (χ2v) is 6.59. The summed E-state index contributed by atoms with van der Waals surface area (Å²) in [6.07, 6.45) is 5.88. The first-order valence-corrected chi connectivity index (χ1v) is 7.79. The fourth-order valence-corrected chi connectivity index (χ4v) is 4.89. The van der Waals surface area contributed by atoms with E-state index in [1.807, 2.05) is 60.7 Å². The molecule has 112 valence electrons. The van der Waals surface area contributed by atoms with Crippen molar-refractivity contribution in [2.24, 2.45) is 34.5 Å². The third-order valence-corrected chi connectivity index (χ3v) is 5.92. The molecule has 1 aromatic carbocycles. The summed E-state index contributed by atoms with van der Waals surface area (Å²) >= 11 is 0. The second-order valence-electron chi connectivity index (χ2n) is 6.59. The summed E-state index contributed by atoms with van der Waals surface area (Å²) in [7, 11) is 0. The quantitative estimate of drug-likeness (QED) is 0.744. The lowest BCUT2D eigenvalue weighted by Gasteiger charge is -2.28. The van der Waals surface area contributed by atoms with Gasteiger partial charge in [0, 0.05) is 17.8 Å². The Morgan fingerprint density at radius 3 is 1.92 bits per heavy atom. The van der Waals surface area contributed by atoms with Crippen molar-refractivity contribution in [2.75, 3.05) is 0 Å². The molecular formula is C20H12N4. The van der Waals surface area contributed by atoms with Crippen LogP contribution in [0.2, 0.25) is 0 Å². The van der Waals surface area contributed by atoms with Gasteiger partial charge >= 0.3 is 0 Å². The van der Waals surface area contributed by atoms with Gasteiger partial charge in [0.2, 0.25) is 0 Å². The largest absolute Gasteiger partial charge is 0.196 e. The van der Waals surface area contributed by atoms with Crippen molar-refractivity contribution in [1.82, 2.24) is 0 Å². The molecule has 0 radical (unpaired) electrons. The van der Waals surface area contributed by atoms with Crippen molar-refractivity contribution in [1.29, 1.82) is 21.0 Å². The van der Waals surface area contributed by atoms with Crippen molar-refractivity contribution in [2.45, 2.75) is 0 Å². The monoisotopic (exact) mass is 308 g/mol. The fraction of sp³-hybridized carbons (Fsp3) is 0.300. The maximum atomic E-state index is 9.82. The number of benzene rings is 1. The maximum absolute atomic E-state index is 9.82. The van der Waals surface area contributed by atoms with E-state index in [-0.39, 0.29) is 17.8 Å². The first kappa shape index (κ1) is 14.3. The molecule has 4 atom stereocenters. The molecule has 0 N–H and O–H groups in total. The molecule has 0 unspecified atom stereocenters. The van der Waals surface area contributed by atoms with Crippen molar-refractivity contribution in [3.8, 4) is 24.3 Å². The lowest BCUT2D eigenvalue weighted by Crippen LogP contribution is -2.39. The van der Waals surface area contributed by atoms with Crippen LogP contribution in [0.4, 0.5) is 0 Å². The maximum Gasteiger partial charge on any atom is 0.182 e. The number of hydrogen-bond donors (Lipinski definition) is 0. The van der Waals surface area contributed by atoms with Crippen LogP contribution in [-0.4, -0.2) is 0 Å². The number of nitriles is 4. The van der Waals surface area contributed by atoms with Gasteiger partial charge in [-0.3, -0.25) is 0 Å². The van der Waals surface area contributed by atoms with Gasteiger partial charge in [-0.25, -0.2) is 0 Å². The third kappa shape index (κ3) is 1.31. The molecule has 4 rings (SSSR count). The molecule has 3 aliphatic carbocycles. The summed E-state index contributed by atoms with van der Waals surface area (Å²) in [5, 5.41) is 39.1. The van der Waals surface area contributed by atoms with E-state index in [9.17, 15) is 21.0 Å². The summed E-state index contributed by atoms with van der Waals surface area (Å²) in [5.41, 5.74) is -1.10. The second kappa shape index (κ2) is 4.58. The van der Waals surface area contributed by atoms with E-state index < -0.39 is 16.7 Å². The lowest BCUT2D eigenvalue weighted by atomic mass is 9.63. The van der Waals surface area contributed by atoms with Crippen LogP contribution in [-0.2, 0) is 0 Å². The summed E-state index contributed by atoms with van der Waals surface area (Å²) in [4.78, 5) is 0.